The Bertz CT molecular complexity index is 631. The summed E-state index contributed by atoms with van der Waals surface area (Å²) in [6, 6.07) is 8.86. The number of hydrogen-bond donors (Lipinski definition) is 0. The lowest BCUT2D eigenvalue weighted by Crippen LogP contribution is -2.15. The van der Waals surface area contributed by atoms with Crippen molar-refractivity contribution in [3.63, 3.8) is 0 Å². The molecule has 0 amide bonds. The van der Waals surface area contributed by atoms with Crippen LogP contribution < -0.4 is 0 Å². The summed E-state index contributed by atoms with van der Waals surface area (Å²) in [4.78, 5) is 11.8. The zero-order valence-corrected chi connectivity index (χ0v) is 23.3. The van der Waals surface area contributed by atoms with E-state index in [4.69, 9.17) is 42.6 Å². The third-order valence-electron chi connectivity index (χ3n) is 5.17. The molecular weight excluding hydrogens is 496 g/mol. The van der Waals surface area contributed by atoms with Crippen molar-refractivity contribution in [1.82, 2.24) is 0 Å². The Morgan fingerprint density at radius 3 is 1.26 bits per heavy atom. The Labute approximate surface area is 228 Å². The molecule has 0 fully saturated rings. The van der Waals surface area contributed by atoms with Crippen LogP contribution in [0.4, 0.5) is 0 Å². The van der Waals surface area contributed by atoms with Crippen molar-refractivity contribution in [1.29, 1.82) is 0 Å². The molecule has 10 heteroatoms. The van der Waals surface area contributed by atoms with Crippen LogP contribution in [0.25, 0.3) is 0 Å². The number of rotatable bonds is 28. The third-order valence-corrected chi connectivity index (χ3v) is 5.17. The SMILES string of the molecule is CCC(C)COCCOCCOCCOCCOCCOCCOCCOCCOC(=O)c1ccccc1. The number of esters is 1. The first kappa shape index (κ1) is 34.4. The molecule has 0 bridgehead atoms. The standard InChI is InChI=1S/C28H48O10/c1-3-26(2)25-37-22-21-35-18-17-33-14-13-31-10-9-30-11-12-32-15-16-34-19-20-36-23-24-38-28(29)27-7-5-4-6-8-27/h4-8,26H,3,9-25H2,1-2H3. The fraction of sp³-hybridized carbons (Fsp3) is 0.750. The molecule has 0 aliphatic carbocycles. The molecule has 0 heterocycles. The zero-order valence-electron chi connectivity index (χ0n) is 23.3. The van der Waals surface area contributed by atoms with Crippen molar-refractivity contribution in [2.24, 2.45) is 5.92 Å². The van der Waals surface area contributed by atoms with Crippen molar-refractivity contribution >= 4 is 5.97 Å². The van der Waals surface area contributed by atoms with Crippen molar-refractivity contribution in [3.05, 3.63) is 35.9 Å². The van der Waals surface area contributed by atoms with E-state index < -0.39 is 0 Å². The Morgan fingerprint density at radius 2 is 0.895 bits per heavy atom. The van der Waals surface area contributed by atoms with Gasteiger partial charge in [-0.25, -0.2) is 4.79 Å². The van der Waals surface area contributed by atoms with Crippen molar-refractivity contribution in [2.45, 2.75) is 20.3 Å². The molecule has 0 spiro atoms. The van der Waals surface area contributed by atoms with Gasteiger partial charge in [0, 0.05) is 6.61 Å². The van der Waals surface area contributed by atoms with Gasteiger partial charge in [-0.2, -0.15) is 0 Å². The van der Waals surface area contributed by atoms with Gasteiger partial charge in [-0.1, -0.05) is 38.5 Å². The van der Waals surface area contributed by atoms with Crippen LogP contribution in [-0.2, 0) is 42.6 Å². The number of carbonyl (C=O) groups is 1. The first-order valence-corrected chi connectivity index (χ1v) is 13.6. The average Bonchev–Trinajstić information content (AvgIpc) is 2.95. The van der Waals surface area contributed by atoms with Crippen molar-refractivity contribution in [2.75, 3.05) is 112 Å². The minimum Gasteiger partial charge on any atom is -0.460 e. The summed E-state index contributed by atoms with van der Waals surface area (Å²) in [6.07, 6.45) is 1.13. The van der Waals surface area contributed by atoms with E-state index in [1.54, 1.807) is 24.3 Å². The van der Waals surface area contributed by atoms with Crippen LogP contribution in [0.5, 0.6) is 0 Å². The summed E-state index contributed by atoms with van der Waals surface area (Å²) < 4.78 is 48.7. The van der Waals surface area contributed by atoms with Gasteiger partial charge in [0.15, 0.2) is 0 Å². The second-order valence-electron chi connectivity index (χ2n) is 8.38. The van der Waals surface area contributed by atoms with E-state index in [1.165, 1.54) is 0 Å². The minimum absolute atomic E-state index is 0.209. The van der Waals surface area contributed by atoms with E-state index in [2.05, 4.69) is 13.8 Å². The molecule has 220 valence electrons. The highest BCUT2D eigenvalue weighted by Gasteiger charge is 2.05. The lowest BCUT2D eigenvalue weighted by molar-refractivity contribution is -0.0249. The van der Waals surface area contributed by atoms with E-state index in [9.17, 15) is 4.79 Å². The summed E-state index contributed by atoms with van der Waals surface area (Å²) in [5.41, 5.74) is 0.530. The molecule has 0 radical (unpaired) electrons. The van der Waals surface area contributed by atoms with Crippen LogP contribution in [0.3, 0.4) is 0 Å². The highest BCUT2D eigenvalue weighted by atomic mass is 16.6. The first-order valence-electron chi connectivity index (χ1n) is 13.6. The Morgan fingerprint density at radius 1 is 0.553 bits per heavy atom. The predicted octanol–water partition coefficient (Wildman–Crippen LogP) is 3.02. The van der Waals surface area contributed by atoms with E-state index in [0.29, 0.717) is 111 Å². The molecule has 1 aromatic carbocycles. The molecule has 0 aliphatic heterocycles. The predicted molar refractivity (Wildman–Crippen MR) is 143 cm³/mol. The van der Waals surface area contributed by atoms with Gasteiger partial charge in [0.25, 0.3) is 0 Å². The average molecular weight is 545 g/mol. The molecule has 1 atom stereocenters. The van der Waals surface area contributed by atoms with Crippen molar-refractivity contribution < 1.29 is 47.4 Å². The topological polar surface area (TPSA) is 100 Å². The quantitative estimate of drug-likeness (QED) is 0.116. The molecule has 0 aliphatic rings. The van der Waals surface area contributed by atoms with E-state index in [-0.39, 0.29) is 12.6 Å². The number of hydrogen-bond acceptors (Lipinski definition) is 10. The summed E-state index contributed by atoms with van der Waals surface area (Å²) in [5.74, 6) is 0.245. The highest BCUT2D eigenvalue weighted by molar-refractivity contribution is 5.89. The summed E-state index contributed by atoms with van der Waals surface area (Å²) in [6.45, 7) is 12.9. The summed E-state index contributed by atoms with van der Waals surface area (Å²) >= 11 is 0. The zero-order chi connectivity index (χ0) is 27.4. The van der Waals surface area contributed by atoms with Crippen LogP contribution in [0.15, 0.2) is 30.3 Å². The maximum absolute atomic E-state index is 11.8. The van der Waals surface area contributed by atoms with Gasteiger partial charge in [-0.15, -0.1) is 0 Å². The molecule has 0 aromatic heterocycles. The van der Waals surface area contributed by atoms with Gasteiger partial charge in [0.1, 0.15) is 6.61 Å². The lowest BCUT2D eigenvalue weighted by atomic mass is 10.1. The molecule has 0 N–H and O–H groups in total. The first-order chi connectivity index (χ1) is 18.7. The lowest BCUT2D eigenvalue weighted by Gasteiger charge is -2.10. The fourth-order valence-corrected chi connectivity index (χ4v) is 2.79. The van der Waals surface area contributed by atoms with E-state index >= 15 is 0 Å². The molecule has 0 saturated heterocycles. The molecule has 1 rings (SSSR count). The summed E-state index contributed by atoms with van der Waals surface area (Å²) in [7, 11) is 0. The van der Waals surface area contributed by atoms with Gasteiger partial charge in [0.05, 0.1) is 105 Å². The largest absolute Gasteiger partial charge is 0.460 e. The molecule has 38 heavy (non-hydrogen) atoms. The highest BCUT2D eigenvalue weighted by Crippen LogP contribution is 2.01. The van der Waals surface area contributed by atoms with Crippen LogP contribution in [0.1, 0.15) is 30.6 Å². The van der Waals surface area contributed by atoms with Gasteiger partial charge in [-0.05, 0) is 18.1 Å². The minimum atomic E-state index is -0.351. The van der Waals surface area contributed by atoms with Crippen LogP contribution in [0, 0.1) is 5.92 Å². The third kappa shape index (κ3) is 22.4. The van der Waals surface area contributed by atoms with Crippen LogP contribution in [-0.4, -0.2) is 118 Å². The molecule has 10 nitrogen and oxygen atoms in total. The van der Waals surface area contributed by atoms with E-state index in [0.717, 1.165) is 13.0 Å². The van der Waals surface area contributed by atoms with Gasteiger partial charge >= 0.3 is 5.97 Å². The van der Waals surface area contributed by atoms with Gasteiger partial charge < -0.3 is 42.6 Å². The fourth-order valence-electron chi connectivity index (χ4n) is 2.79. The number of ether oxygens (including phenoxy) is 9. The van der Waals surface area contributed by atoms with E-state index in [1.807, 2.05) is 6.07 Å². The maximum atomic E-state index is 11.8. The molecule has 1 unspecified atom stereocenters. The van der Waals surface area contributed by atoms with Crippen LogP contribution >= 0.6 is 0 Å². The summed E-state index contributed by atoms with van der Waals surface area (Å²) in [5, 5.41) is 0. The number of benzene rings is 1. The smallest absolute Gasteiger partial charge is 0.338 e. The molecule has 0 saturated carbocycles. The maximum Gasteiger partial charge on any atom is 0.338 e. The Kier molecular flexibility index (Phi) is 24.4. The number of carbonyl (C=O) groups excluding carboxylic acids is 1. The monoisotopic (exact) mass is 544 g/mol. The normalized spacial score (nSPS) is 12.1. The van der Waals surface area contributed by atoms with Crippen molar-refractivity contribution in [3.8, 4) is 0 Å². The van der Waals surface area contributed by atoms with Gasteiger partial charge in [-0.3, -0.25) is 0 Å². The van der Waals surface area contributed by atoms with Gasteiger partial charge in [0.2, 0.25) is 0 Å². The van der Waals surface area contributed by atoms with Crippen LogP contribution in [0.2, 0.25) is 0 Å². The second kappa shape index (κ2) is 27.0. The Balaban J connectivity index is 1.67. The molecule has 1 aromatic rings. The Hall–Kier alpha value is -1.63. The molecular formula is C28H48O10. The second-order valence-corrected chi connectivity index (χ2v) is 8.38.